The molecule has 1 aromatic rings. The van der Waals surface area contributed by atoms with E-state index in [4.69, 9.17) is 4.74 Å². The zero-order valence-corrected chi connectivity index (χ0v) is 10.6. The summed E-state index contributed by atoms with van der Waals surface area (Å²) in [5.41, 5.74) is 1.78. The van der Waals surface area contributed by atoms with Gasteiger partial charge in [-0.05, 0) is 31.0 Å². The molecule has 0 aliphatic heterocycles. The lowest BCUT2D eigenvalue weighted by atomic mass is 10.1. The Balaban J connectivity index is 2.62. The van der Waals surface area contributed by atoms with Gasteiger partial charge in [0.2, 0.25) is 0 Å². The number of hydrogen-bond acceptors (Lipinski definition) is 2. The number of halogens is 1. The highest BCUT2D eigenvalue weighted by Crippen LogP contribution is 2.17. The molecule has 0 heterocycles. The van der Waals surface area contributed by atoms with Gasteiger partial charge in [-0.25, -0.2) is 0 Å². The number of ether oxygens (including phenoxy) is 1. The predicted molar refractivity (Wildman–Crippen MR) is 64.3 cm³/mol. The van der Waals surface area contributed by atoms with Gasteiger partial charge in [0, 0.05) is 16.6 Å². The van der Waals surface area contributed by atoms with Crippen molar-refractivity contribution in [2.45, 2.75) is 20.3 Å². The van der Waals surface area contributed by atoms with Crippen molar-refractivity contribution in [1.29, 1.82) is 0 Å². The topological polar surface area (TPSA) is 26.3 Å². The van der Waals surface area contributed by atoms with Crippen LogP contribution in [-0.4, -0.2) is 19.0 Å². The quantitative estimate of drug-likeness (QED) is 0.606. The van der Waals surface area contributed by atoms with Gasteiger partial charge in [-0.2, -0.15) is 0 Å². The first-order valence-electron chi connectivity index (χ1n) is 5.02. The predicted octanol–water partition coefficient (Wildman–Crippen LogP) is 3.37. The summed E-state index contributed by atoms with van der Waals surface area (Å²) in [6, 6.07) is 5.58. The van der Waals surface area contributed by atoms with Crippen molar-refractivity contribution in [3.05, 3.63) is 33.8 Å². The minimum atomic E-state index is 0.0408. The van der Waals surface area contributed by atoms with Crippen molar-refractivity contribution < 1.29 is 9.53 Å². The maximum atomic E-state index is 11.6. The molecular weight excluding hydrogens is 256 g/mol. The summed E-state index contributed by atoms with van der Waals surface area (Å²) in [6.07, 6.45) is 0.937. The fourth-order valence-corrected chi connectivity index (χ4v) is 1.46. The maximum absolute atomic E-state index is 11.6. The highest BCUT2D eigenvalue weighted by molar-refractivity contribution is 9.10. The molecule has 0 radical (unpaired) electrons. The molecule has 3 heteroatoms. The van der Waals surface area contributed by atoms with E-state index in [-0.39, 0.29) is 12.4 Å². The molecule has 0 amide bonds. The molecule has 0 bridgehead atoms. The Kier molecular flexibility index (Phi) is 4.99. The Morgan fingerprint density at radius 1 is 1.47 bits per heavy atom. The van der Waals surface area contributed by atoms with E-state index in [9.17, 15) is 4.79 Å². The highest BCUT2D eigenvalue weighted by atomic mass is 79.9. The normalized spacial score (nSPS) is 10.3. The number of carbonyl (C=O) groups excluding carboxylic acids is 1. The van der Waals surface area contributed by atoms with Gasteiger partial charge in [-0.15, -0.1) is 0 Å². The summed E-state index contributed by atoms with van der Waals surface area (Å²) in [6.45, 7) is 4.80. The van der Waals surface area contributed by atoms with Crippen LogP contribution in [0.3, 0.4) is 0 Å². The lowest BCUT2D eigenvalue weighted by molar-refractivity contribution is 0.0761. The molecule has 0 unspecified atom stereocenters. The van der Waals surface area contributed by atoms with Crippen LogP contribution in [0.15, 0.2) is 22.7 Å². The van der Waals surface area contributed by atoms with Crippen LogP contribution < -0.4 is 0 Å². The van der Waals surface area contributed by atoms with E-state index in [1.807, 2.05) is 32.0 Å². The minimum absolute atomic E-state index is 0.0408. The Morgan fingerprint density at radius 2 is 2.20 bits per heavy atom. The number of hydrogen-bond donors (Lipinski definition) is 0. The van der Waals surface area contributed by atoms with Gasteiger partial charge >= 0.3 is 0 Å². The molecule has 0 fully saturated rings. The van der Waals surface area contributed by atoms with E-state index >= 15 is 0 Å². The van der Waals surface area contributed by atoms with Crippen LogP contribution in [0.1, 0.15) is 29.3 Å². The van der Waals surface area contributed by atoms with Gasteiger partial charge in [-0.3, -0.25) is 4.79 Å². The van der Waals surface area contributed by atoms with E-state index in [0.29, 0.717) is 12.2 Å². The fraction of sp³-hybridized carbons (Fsp3) is 0.417. The van der Waals surface area contributed by atoms with Crippen molar-refractivity contribution in [3.8, 4) is 0 Å². The average molecular weight is 271 g/mol. The molecule has 0 spiro atoms. The van der Waals surface area contributed by atoms with E-state index < -0.39 is 0 Å². The molecule has 0 saturated carbocycles. The second-order valence-corrected chi connectivity index (χ2v) is 4.29. The molecule has 1 rings (SSSR count). The summed E-state index contributed by atoms with van der Waals surface area (Å²) in [4.78, 5) is 11.6. The number of aryl methyl sites for hydroxylation is 1. The number of rotatable bonds is 5. The molecular formula is C12H15BrO2. The van der Waals surface area contributed by atoms with E-state index in [2.05, 4.69) is 15.9 Å². The lowest BCUT2D eigenvalue weighted by Gasteiger charge is -2.04. The zero-order valence-electron chi connectivity index (χ0n) is 9.05. The van der Waals surface area contributed by atoms with Gasteiger partial charge in [0.05, 0.1) is 0 Å². The van der Waals surface area contributed by atoms with E-state index in [1.54, 1.807) is 0 Å². The van der Waals surface area contributed by atoms with Crippen LogP contribution in [-0.2, 0) is 4.74 Å². The molecule has 1 aromatic carbocycles. The molecule has 0 saturated heterocycles. The van der Waals surface area contributed by atoms with Gasteiger partial charge in [0.1, 0.15) is 6.61 Å². The second-order valence-electron chi connectivity index (χ2n) is 3.44. The van der Waals surface area contributed by atoms with Crippen molar-refractivity contribution in [1.82, 2.24) is 0 Å². The Morgan fingerprint density at radius 3 is 2.80 bits per heavy atom. The molecule has 82 valence electrons. The summed E-state index contributed by atoms with van der Waals surface area (Å²) in [5.74, 6) is 0.0408. The molecule has 0 N–H and O–H groups in total. The number of ketones is 1. The third kappa shape index (κ3) is 3.76. The number of benzene rings is 1. The number of Topliss-reactive ketones (excluding diaryl/α,β-unsaturated/α-hetero) is 1. The van der Waals surface area contributed by atoms with Gasteiger partial charge in [-0.1, -0.05) is 28.9 Å². The Bertz CT molecular complexity index is 347. The Hall–Kier alpha value is -0.670. The van der Waals surface area contributed by atoms with Gasteiger partial charge < -0.3 is 4.74 Å². The van der Waals surface area contributed by atoms with Crippen LogP contribution in [0.2, 0.25) is 0 Å². The van der Waals surface area contributed by atoms with Crippen LogP contribution in [0.4, 0.5) is 0 Å². The summed E-state index contributed by atoms with van der Waals surface area (Å²) in [7, 11) is 0. The third-order valence-electron chi connectivity index (χ3n) is 2.06. The molecule has 0 aliphatic rings. The third-order valence-corrected chi connectivity index (χ3v) is 2.95. The average Bonchev–Trinajstić information content (AvgIpc) is 2.22. The first-order chi connectivity index (χ1) is 7.15. The molecule has 0 atom stereocenters. The Labute approximate surface area is 98.8 Å². The van der Waals surface area contributed by atoms with Crippen LogP contribution in [0.5, 0.6) is 0 Å². The lowest BCUT2D eigenvalue weighted by Crippen LogP contribution is -2.09. The van der Waals surface area contributed by atoms with Gasteiger partial charge in [0.25, 0.3) is 0 Å². The van der Waals surface area contributed by atoms with Crippen molar-refractivity contribution in [3.63, 3.8) is 0 Å². The van der Waals surface area contributed by atoms with Crippen LogP contribution in [0, 0.1) is 6.92 Å². The largest absolute Gasteiger partial charge is 0.373 e. The summed E-state index contributed by atoms with van der Waals surface area (Å²) < 4.78 is 6.23. The standard InChI is InChI=1S/C12H15BrO2/c1-3-6-15-8-12(14)10-4-5-11(13)9(2)7-10/h4-5,7H,3,6,8H2,1-2H3. The van der Waals surface area contributed by atoms with E-state index in [0.717, 1.165) is 16.5 Å². The maximum Gasteiger partial charge on any atom is 0.188 e. The second kappa shape index (κ2) is 6.03. The monoisotopic (exact) mass is 270 g/mol. The van der Waals surface area contributed by atoms with Crippen molar-refractivity contribution in [2.75, 3.05) is 13.2 Å². The number of carbonyl (C=O) groups is 1. The summed E-state index contributed by atoms with van der Waals surface area (Å²) in [5, 5.41) is 0. The molecule has 2 nitrogen and oxygen atoms in total. The molecule has 0 aromatic heterocycles. The van der Waals surface area contributed by atoms with E-state index in [1.165, 1.54) is 0 Å². The van der Waals surface area contributed by atoms with Crippen LogP contribution >= 0.6 is 15.9 Å². The summed E-state index contributed by atoms with van der Waals surface area (Å²) >= 11 is 3.40. The minimum Gasteiger partial charge on any atom is -0.373 e. The SMILES string of the molecule is CCCOCC(=O)c1ccc(Br)c(C)c1. The molecule has 0 aliphatic carbocycles. The smallest absolute Gasteiger partial charge is 0.188 e. The highest BCUT2D eigenvalue weighted by Gasteiger charge is 2.06. The van der Waals surface area contributed by atoms with Crippen molar-refractivity contribution in [2.24, 2.45) is 0 Å². The van der Waals surface area contributed by atoms with Crippen molar-refractivity contribution >= 4 is 21.7 Å². The van der Waals surface area contributed by atoms with Gasteiger partial charge in [0.15, 0.2) is 5.78 Å². The molecule has 15 heavy (non-hydrogen) atoms. The first kappa shape index (κ1) is 12.4. The first-order valence-corrected chi connectivity index (χ1v) is 5.81. The zero-order chi connectivity index (χ0) is 11.3. The fourth-order valence-electron chi connectivity index (χ4n) is 1.21. The van der Waals surface area contributed by atoms with Crippen LogP contribution in [0.25, 0.3) is 0 Å².